The molecule has 0 spiro atoms. The van der Waals surface area contributed by atoms with E-state index in [0.29, 0.717) is 6.42 Å². The molecule has 4 rings (SSSR count). The zero-order valence-electron chi connectivity index (χ0n) is 13.4. The van der Waals surface area contributed by atoms with Gasteiger partial charge >= 0.3 is 0 Å². The van der Waals surface area contributed by atoms with Crippen LogP contribution in [0.2, 0.25) is 0 Å². The molecule has 0 bridgehead atoms. The molecule has 0 saturated heterocycles. The zero-order chi connectivity index (χ0) is 16.0. The number of nitrogens with one attached hydrogen (secondary N) is 1. The second-order valence-electron chi connectivity index (χ2n) is 6.47. The predicted molar refractivity (Wildman–Crippen MR) is 95.0 cm³/mol. The molecule has 23 heavy (non-hydrogen) atoms. The number of carbonyl (C=O) groups is 1. The molecule has 3 aromatic rings. The first-order valence-corrected chi connectivity index (χ1v) is 8.01. The van der Waals surface area contributed by atoms with Gasteiger partial charge in [0.15, 0.2) is 0 Å². The molecule has 1 N–H and O–H groups in total. The molecule has 1 amide bonds. The predicted octanol–water partition coefficient (Wildman–Crippen LogP) is 4.93. The second-order valence-corrected chi connectivity index (χ2v) is 6.47. The van der Waals surface area contributed by atoms with Gasteiger partial charge in [0.1, 0.15) is 0 Å². The highest BCUT2D eigenvalue weighted by atomic mass is 16.1. The van der Waals surface area contributed by atoms with E-state index in [1.807, 2.05) is 6.07 Å². The van der Waals surface area contributed by atoms with Crippen LogP contribution in [0.3, 0.4) is 0 Å². The van der Waals surface area contributed by atoms with Crippen molar-refractivity contribution < 1.29 is 4.79 Å². The number of carbonyl (C=O) groups excluding carboxylic acids is 1. The molecule has 1 heterocycles. The van der Waals surface area contributed by atoms with E-state index in [1.54, 1.807) is 0 Å². The van der Waals surface area contributed by atoms with Crippen molar-refractivity contribution in [1.29, 1.82) is 0 Å². The molecule has 3 aromatic carbocycles. The smallest absolute Gasteiger partial charge is 0.225 e. The molecule has 1 unspecified atom stereocenters. The lowest BCUT2D eigenvalue weighted by atomic mass is 9.81. The van der Waals surface area contributed by atoms with Crippen molar-refractivity contribution in [3.05, 3.63) is 76.9 Å². The third kappa shape index (κ3) is 2.40. The van der Waals surface area contributed by atoms with Crippen LogP contribution in [0.5, 0.6) is 0 Å². The van der Waals surface area contributed by atoms with Crippen molar-refractivity contribution in [2.24, 2.45) is 0 Å². The summed E-state index contributed by atoms with van der Waals surface area (Å²) in [5, 5.41) is 5.51. The Morgan fingerprint density at radius 3 is 2.43 bits per heavy atom. The summed E-state index contributed by atoms with van der Waals surface area (Å²) >= 11 is 0. The summed E-state index contributed by atoms with van der Waals surface area (Å²) in [5.41, 5.74) is 5.89. The number of hydrogen-bond acceptors (Lipinski definition) is 1. The van der Waals surface area contributed by atoms with E-state index in [9.17, 15) is 4.79 Å². The zero-order valence-corrected chi connectivity index (χ0v) is 13.4. The fraction of sp³-hybridized carbons (Fsp3) is 0.190. The van der Waals surface area contributed by atoms with Crippen LogP contribution in [0.1, 0.15) is 34.6 Å². The minimum Gasteiger partial charge on any atom is -0.326 e. The first kappa shape index (κ1) is 14.0. The highest BCUT2D eigenvalue weighted by Gasteiger charge is 2.28. The number of amides is 1. The van der Waals surface area contributed by atoms with Gasteiger partial charge in [-0.1, -0.05) is 59.7 Å². The molecule has 0 saturated carbocycles. The highest BCUT2D eigenvalue weighted by molar-refractivity contribution is 6.01. The number of benzene rings is 3. The largest absolute Gasteiger partial charge is 0.326 e. The van der Waals surface area contributed by atoms with E-state index < -0.39 is 0 Å². The number of hydrogen-bond donors (Lipinski definition) is 1. The van der Waals surface area contributed by atoms with Gasteiger partial charge in [0.05, 0.1) is 0 Å². The molecule has 114 valence electrons. The molecule has 0 aliphatic carbocycles. The Kier molecular flexibility index (Phi) is 3.19. The summed E-state index contributed by atoms with van der Waals surface area (Å²) in [6.07, 6.45) is 0.503. The second kappa shape index (κ2) is 5.24. The normalized spacial score (nSPS) is 17.0. The molecule has 1 aliphatic rings. The van der Waals surface area contributed by atoms with Gasteiger partial charge in [0.25, 0.3) is 0 Å². The fourth-order valence-electron chi connectivity index (χ4n) is 3.53. The summed E-state index contributed by atoms with van der Waals surface area (Å²) < 4.78 is 0. The van der Waals surface area contributed by atoms with Gasteiger partial charge in [-0.2, -0.15) is 0 Å². The van der Waals surface area contributed by atoms with Crippen molar-refractivity contribution in [3.63, 3.8) is 0 Å². The van der Waals surface area contributed by atoms with E-state index in [4.69, 9.17) is 0 Å². The van der Waals surface area contributed by atoms with E-state index in [2.05, 4.69) is 67.7 Å². The van der Waals surface area contributed by atoms with Crippen molar-refractivity contribution in [2.75, 3.05) is 5.32 Å². The molecule has 1 atom stereocenters. The van der Waals surface area contributed by atoms with Crippen molar-refractivity contribution in [2.45, 2.75) is 26.2 Å². The molecular formula is C21H19NO. The van der Waals surface area contributed by atoms with Gasteiger partial charge < -0.3 is 5.32 Å². The van der Waals surface area contributed by atoms with Crippen LogP contribution in [-0.2, 0) is 4.79 Å². The topological polar surface area (TPSA) is 29.1 Å². The van der Waals surface area contributed by atoms with Gasteiger partial charge in [0, 0.05) is 18.0 Å². The minimum absolute atomic E-state index is 0.0922. The Hall–Kier alpha value is -2.61. The van der Waals surface area contributed by atoms with Crippen LogP contribution < -0.4 is 5.32 Å². The van der Waals surface area contributed by atoms with Crippen molar-refractivity contribution in [3.8, 4) is 0 Å². The molecule has 0 radical (unpaired) electrons. The third-order valence-electron chi connectivity index (χ3n) is 4.71. The average molecular weight is 301 g/mol. The lowest BCUT2D eigenvalue weighted by Gasteiger charge is -2.28. The Balaban J connectivity index is 1.96. The van der Waals surface area contributed by atoms with Crippen LogP contribution in [0.4, 0.5) is 5.69 Å². The van der Waals surface area contributed by atoms with E-state index >= 15 is 0 Å². The molecule has 0 fully saturated rings. The third-order valence-corrected chi connectivity index (χ3v) is 4.71. The Morgan fingerprint density at radius 1 is 0.913 bits per heavy atom. The SMILES string of the molecule is Cc1ccc(C2CC(=O)Nc3ccc4cc(C)ccc4c32)cc1. The van der Waals surface area contributed by atoms with Gasteiger partial charge in [-0.15, -0.1) is 0 Å². The summed E-state index contributed by atoms with van der Waals surface area (Å²) in [7, 11) is 0. The summed E-state index contributed by atoms with van der Waals surface area (Å²) in [4.78, 5) is 12.2. The Bertz CT molecular complexity index is 909. The van der Waals surface area contributed by atoms with Crippen LogP contribution in [0, 0.1) is 13.8 Å². The van der Waals surface area contributed by atoms with Crippen LogP contribution >= 0.6 is 0 Å². The summed E-state index contributed by atoms with van der Waals surface area (Å²) in [6, 6.07) is 19.2. The Labute approximate surface area is 136 Å². The average Bonchev–Trinajstić information content (AvgIpc) is 2.54. The fourth-order valence-corrected chi connectivity index (χ4v) is 3.53. The number of fused-ring (bicyclic) bond motifs is 3. The van der Waals surface area contributed by atoms with Gasteiger partial charge in [-0.3, -0.25) is 4.79 Å². The first-order valence-electron chi connectivity index (χ1n) is 8.01. The number of anilines is 1. The number of aryl methyl sites for hydroxylation is 2. The number of rotatable bonds is 1. The van der Waals surface area contributed by atoms with Crippen LogP contribution in [0.15, 0.2) is 54.6 Å². The molecule has 2 nitrogen and oxygen atoms in total. The highest BCUT2D eigenvalue weighted by Crippen LogP contribution is 2.41. The lowest BCUT2D eigenvalue weighted by molar-refractivity contribution is -0.116. The van der Waals surface area contributed by atoms with Crippen LogP contribution in [-0.4, -0.2) is 5.91 Å². The van der Waals surface area contributed by atoms with E-state index in [1.165, 1.54) is 33.0 Å². The maximum absolute atomic E-state index is 12.2. The maximum Gasteiger partial charge on any atom is 0.225 e. The quantitative estimate of drug-likeness (QED) is 0.678. The molecule has 1 aliphatic heterocycles. The monoisotopic (exact) mass is 301 g/mol. The summed E-state index contributed by atoms with van der Waals surface area (Å²) in [5.74, 6) is 0.209. The van der Waals surface area contributed by atoms with Gasteiger partial charge in [-0.05, 0) is 41.8 Å². The van der Waals surface area contributed by atoms with E-state index in [-0.39, 0.29) is 11.8 Å². The minimum atomic E-state index is 0.0922. The lowest BCUT2D eigenvalue weighted by Crippen LogP contribution is -2.23. The molecular weight excluding hydrogens is 282 g/mol. The summed E-state index contributed by atoms with van der Waals surface area (Å²) in [6.45, 7) is 4.20. The first-order chi connectivity index (χ1) is 11.1. The van der Waals surface area contributed by atoms with Gasteiger partial charge in [0.2, 0.25) is 5.91 Å². The standard InChI is InChI=1S/C21H19NO/c1-13-3-6-15(7-4-13)18-12-20(23)22-19-10-8-16-11-14(2)5-9-17(16)21(18)19/h3-11,18H,12H2,1-2H3,(H,22,23). The van der Waals surface area contributed by atoms with Crippen molar-refractivity contribution in [1.82, 2.24) is 0 Å². The van der Waals surface area contributed by atoms with Gasteiger partial charge in [-0.25, -0.2) is 0 Å². The Morgan fingerprint density at radius 2 is 1.65 bits per heavy atom. The maximum atomic E-state index is 12.2. The van der Waals surface area contributed by atoms with E-state index in [0.717, 1.165) is 5.69 Å². The molecule has 0 aromatic heterocycles. The molecule has 2 heteroatoms. The van der Waals surface area contributed by atoms with Crippen LogP contribution in [0.25, 0.3) is 10.8 Å². The van der Waals surface area contributed by atoms with Crippen molar-refractivity contribution >= 4 is 22.4 Å².